The molecule has 0 aliphatic heterocycles. The molecule has 0 heterocycles. The van der Waals surface area contributed by atoms with Crippen LogP contribution < -0.4 is 0 Å². The lowest BCUT2D eigenvalue weighted by Crippen LogP contribution is -2.22. The van der Waals surface area contributed by atoms with Crippen LogP contribution in [0.2, 0.25) is 0 Å². The summed E-state index contributed by atoms with van der Waals surface area (Å²) in [4.78, 5) is 0. The van der Waals surface area contributed by atoms with Crippen LogP contribution in [-0.4, -0.2) is 5.11 Å². The number of hydrogen-bond acceptors (Lipinski definition) is 1. The maximum atomic E-state index is 10.7. The second-order valence-electron chi connectivity index (χ2n) is 5.62. The fraction of sp³-hybridized carbons (Fsp3) is 0.600. The third kappa shape index (κ3) is 2.15. The van der Waals surface area contributed by atoms with Crippen LogP contribution in [0.15, 0.2) is 18.2 Å². The number of hydrogen-bond donors (Lipinski definition) is 1. The van der Waals surface area contributed by atoms with Gasteiger partial charge in [0.05, 0.1) is 5.60 Å². The Balaban J connectivity index is 2.23. The molecule has 1 aliphatic carbocycles. The number of aliphatic hydroxyl groups is 1. The summed E-state index contributed by atoms with van der Waals surface area (Å²) < 4.78 is 0. The van der Waals surface area contributed by atoms with Crippen molar-refractivity contribution in [1.82, 2.24) is 0 Å². The van der Waals surface area contributed by atoms with Gasteiger partial charge in [0.25, 0.3) is 0 Å². The monoisotopic (exact) mass is 218 g/mol. The molecule has 1 heteroatoms. The standard InChI is InChI=1S/C15H22O/c1-11(2)6-8-15(16)9-7-13-5-4-12(3)10-14(13)15/h4-5,10-11,16H,6-9H2,1-3H3. The SMILES string of the molecule is Cc1ccc2c(c1)C(O)(CCC(C)C)CC2. The molecule has 0 saturated carbocycles. The van der Waals surface area contributed by atoms with Crippen molar-refractivity contribution in [3.05, 3.63) is 34.9 Å². The molecule has 0 radical (unpaired) electrons. The van der Waals surface area contributed by atoms with E-state index in [-0.39, 0.29) is 0 Å². The van der Waals surface area contributed by atoms with Crippen LogP contribution in [0, 0.1) is 12.8 Å². The molecule has 1 nitrogen and oxygen atoms in total. The Hall–Kier alpha value is -0.820. The van der Waals surface area contributed by atoms with Crippen molar-refractivity contribution in [2.75, 3.05) is 0 Å². The highest BCUT2D eigenvalue weighted by Gasteiger charge is 2.36. The van der Waals surface area contributed by atoms with Gasteiger partial charge in [-0.1, -0.05) is 37.6 Å². The molecule has 1 atom stereocenters. The van der Waals surface area contributed by atoms with E-state index in [9.17, 15) is 5.11 Å². The van der Waals surface area contributed by atoms with Crippen LogP contribution in [0.25, 0.3) is 0 Å². The predicted octanol–water partition coefficient (Wildman–Crippen LogP) is 3.57. The molecule has 0 amide bonds. The first-order chi connectivity index (χ1) is 7.51. The summed E-state index contributed by atoms with van der Waals surface area (Å²) in [5.74, 6) is 0.665. The predicted molar refractivity (Wildman–Crippen MR) is 67.5 cm³/mol. The molecule has 1 unspecified atom stereocenters. The lowest BCUT2D eigenvalue weighted by Gasteiger charge is -2.25. The van der Waals surface area contributed by atoms with Gasteiger partial charge in [-0.15, -0.1) is 0 Å². The first kappa shape index (κ1) is 11.7. The zero-order chi connectivity index (χ0) is 11.8. The van der Waals surface area contributed by atoms with Crippen molar-refractivity contribution >= 4 is 0 Å². The van der Waals surface area contributed by atoms with E-state index in [4.69, 9.17) is 0 Å². The first-order valence-electron chi connectivity index (χ1n) is 6.34. The van der Waals surface area contributed by atoms with Gasteiger partial charge in [0, 0.05) is 0 Å². The fourth-order valence-electron chi connectivity index (χ4n) is 2.60. The number of fused-ring (bicyclic) bond motifs is 1. The van der Waals surface area contributed by atoms with Gasteiger partial charge >= 0.3 is 0 Å². The zero-order valence-electron chi connectivity index (χ0n) is 10.6. The fourth-order valence-corrected chi connectivity index (χ4v) is 2.60. The molecule has 0 fully saturated rings. The highest BCUT2D eigenvalue weighted by atomic mass is 16.3. The minimum absolute atomic E-state index is 0.550. The smallest absolute Gasteiger partial charge is 0.0902 e. The van der Waals surface area contributed by atoms with Crippen molar-refractivity contribution in [3.8, 4) is 0 Å². The van der Waals surface area contributed by atoms with E-state index in [0.717, 1.165) is 25.7 Å². The molecule has 88 valence electrons. The van der Waals surface area contributed by atoms with Crippen LogP contribution in [0.5, 0.6) is 0 Å². The largest absolute Gasteiger partial charge is 0.385 e. The third-order valence-corrected chi connectivity index (χ3v) is 3.71. The Bertz CT molecular complexity index is 381. The summed E-state index contributed by atoms with van der Waals surface area (Å²) in [7, 11) is 0. The van der Waals surface area contributed by atoms with E-state index in [1.54, 1.807) is 0 Å². The Labute approximate surface area is 98.5 Å². The molecule has 1 aliphatic rings. The average Bonchev–Trinajstić information content (AvgIpc) is 2.55. The number of rotatable bonds is 3. The Morgan fingerprint density at radius 1 is 1.38 bits per heavy atom. The lowest BCUT2D eigenvalue weighted by molar-refractivity contribution is 0.0241. The second-order valence-corrected chi connectivity index (χ2v) is 5.62. The lowest BCUT2D eigenvalue weighted by atomic mass is 9.88. The van der Waals surface area contributed by atoms with Gasteiger partial charge in [-0.05, 0) is 49.7 Å². The minimum atomic E-state index is -0.550. The van der Waals surface area contributed by atoms with Crippen molar-refractivity contribution < 1.29 is 5.11 Å². The summed E-state index contributed by atoms with van der Waals surface area (Å²) in [6.45, 7) is 6.53. The maximum Gasteiger partial charge on any atom is 0.0902 e. The van der Waals surface area contributed by atoms with E-state index >= 15 is 0 Å². The molecule has 2 rings (SSSR count). The van der Waals surface area contributed by atoms with Crippen LogP contribution in [0.1, 0.15) is 49.8 Å². The summed E-state index contributed by atoms with van der Waals surface area (Å²) in [5.41, 5.74) is 3.24. The second kappa shape index (κ2) is 4.21. The van der Waals surface area contributed by atoms with Crippen molar-refractivity contribution in [2.24, 2.45) is 5.92 Å². The molecule has 0 spiro atoms. The Morgan fingerprint density at radius 3 is 2.81 bits per heavy atom. The summed E-state index contributed by atoms with van der Waals surface area (Å²) in [6, 6.07) is 6.49. The van der Waals surface area contributed by atoms with E-state index in [1.165, 1.54) is 16.7 Å². The third-order valence-electron chi connectivity index (χ3n) is 3.71. The molecule has 0 bridgehead atoms. The van der Waals surface area contributed by atoms with Crippen LogP contribution in [-0.2, 0) is 12.0 Å². The number of aryl methyl sites for hydroxylation is 2. The molecule has 16 heavy (non-hydrogen) atoms. The summed E-state index contributed by atoms with van der Waals surface area (Å²) >= 11 is 0. The van der Waals surface area contributed by atoms with Crippen molar-refractivity contribution in [3.63, 3.8) is 0 Å². The number of benzene rings is 1. The normalized spacial score (nSPS) is 23.8. The molecule has 1 aromatic carbocycles. The molecule has 0 aromatic heterocycles. The molecular weight excluding hydrogens is 196 g/mol. The minimum Gasteiger partial charge on any atom is -0.385 e. The maximum absolute atomic E-state index is 10.7. The van der Waals surface area contributed by atoms with Gasteiger partial charge in [0.2, 0.25) is 0 Å². The van der Waals surface area contributed by atoms with E-state index < -0.39 is 5.60 Å². The zero-order valence-corrected chi connectivity index (χ0v) is 10.6. The first-order valence-corrected chi connectivity index (χ1v) is 6.34. The Morgan fingerprint density at radius 2 is 2.12 bits per heavy atom. The molecule has 1 N–H and O–H groups in total. The van der Waals surface area contributed by atoms with Crippen molar-refractivity contribution in [2.45, 2.75) is 52.1 Å². The van der Waals surface area contributed by atoms with Gasteiger partial charge < -0.3 is 5.11 Å². The summed E-state index contributed by atoms with van der Waals surface area (Å²) in [5, 5.41) is 10.7. The molecule has 0 saturated heterocycles. The highest BCUT2D eigenvalue weighted by Crippen LogP contribution is 2.41. The Kier molecular flexibility index (Phi) is 3.07. The van der Waals surface area contributed by atoms with E-state index in [0.29, 0.717) is 5.92 Å². The van der Waals surface area contributed by atoms with E-state index in [1.807, 2.05) is 0 Å². The van der Waals surface area contributed by atoms with Crippen LogP contribution in [0.4, 0.5) is 0 Å². The topological polar surface area (TPSA) is 20.2 Å². The van der Waals surface area contributed by atoms with Gasteiger partial charge in [0.15, 0.2) is 0 Å². The van der Waals surface area contributed by atoms with Crippen LogP contribution in [0.3, 0.4) is 0 Å². The highest BCUT2D eigenvalue weighted by molar-refractivity contribution is 5.39. The van der Waals surface area contributed by atoms with Gasteiger partial charge in [0.1, 0.15) is 0 Å². The molecular formula is C15H22O. The molecule has 1 aromatic rings. The van der Waals surface area contributed by atoms with Gasteiger partial charge in [-0.3, -0.25) is 0 Å². The quantitative estimate of drug-likeness (QED) is 0.822. The summed E-state index contributed by atoms with van der Waals surface area (Å²) in [6.07, 6.45) is 3.94. The van der Waals surface area contributed by atoms with Gasteiger partial charge in [-0.2, -0.15) is 0 Å². The van der Waals surface area contributed by atoms with Crippen molar-refractivity contribution in [1.29, 1.82) is 0 Å². The average molecular weight is 218 g/mol. The van der Waals surface area contributed by atoms with E-state index in [2.05, 4.69) is 39.0 Å². The van der Waals surface area contributed by atoms with Crippen LogP contribution >= 0.6 is 0 Å². The van der Waals surface area contributed by atoms with Gasteiger partial charge in [-0.25, -0.2) is 0 Å².